The molecule has 0 N–H and O–H groups in total. The maximum atomic E-state index is 6.75. The van der Waals surface area contributed by atoms with Gasteiger partial charge in [-0.25, -0.2) is 0 Å². The van der Waals surface area contributed by atoms with E-state index in [9.17, 15) is 0 Å². The minimum Gasteiger partial charge on any atom is -0.456 e. The SMILES string of the molecule is c1ccc(-c2ccc(-c3ccc(N(c4ccc(-c5ccccc5)cc4)c4cc(-c5ccccc5)c5c(c4)oc4cc6ccccc6cc45)cc3)cc2)cc1. The molecule has 2 heteroatoms. The van der Waals surface area contributed by atoms with Crippen molar-refractivity contribution in [1.82, 2.24) is 0 Å². The Hall–Kier alpha value is -7.16. The summed E-state index contributed by atoms with van der Waals surface area (Å²) in [6.07, 6.45) is 0. The van der Waals surface area contributed by atoms with Crippen molar-refractivity contribution in [3.63, 3.8) is 0 Å². The van der Waals surface area contributed by atoms with Crippen molar-refractivity contribution < 1.29 is 4.42 Å². The third-order valence-corrected chi connectivity index (χ3v) is 10.5. The van der Waals surface area contributed by atoms with Gasteiger partial charge >= 0.3 is 0 Å². The van der Waals surface area contributed by atoms with Gasteiger partial charge in [0.05, 0.1) is 5.69 Å². The number of nitrogens with zero attached hydrogens (tertiary/aromatic N) is 1. The quantitative estimate of drug-likeness (QED) is 0.166. The summed E-state index contributed by atoms with van der Waals surface area (Å²) in [5.41, 5.74) is 14.3. The summed E-state index contributed by atoms with van der Waals surface area (Å²) < 4.78 is 6.75. The molecule has 10 rings (SSSR count). The molecule has 0 aliphatic rings. The molecule has 0 bridgehead atoms. The molecule has 1 heterocycles. The minimum absolute atomic E-state index is 0.859. The first-order chi connectivity index (χ1) is 26.7. The molecule has 0 amide bonds. The molecule has 54 heavy (non-hydrogen) atoms. The zero-order chi connectivity index (χ0) is 35.8. The highest BCUT2D eigenvalue weighted by molar-refractivity contribution is 6.16. The second kappa shape index (κ2) is 13.4. The molecule has 0 aliphatic carbocycles. The smallest absolute Gasteiger partial charge is 0.138 e. The Morgan fingerprint density at radius 1 is 0.296 bits per heavy atom. The summed E-state index contributed by atoms with van der Waals surface area (Å²) in [6.45, 7) is 0. The second-order valence-electron chi connectivity index (χ2n) is 13.8. The Morgan fingerprint density at radius 2 is 0.704 bits per heavy atom. The van der Waals surface area contributed by atoms with Crippen LogP contribution in [0.4, 0.5) is 17.1 Å². The first-order valence-corrected chi connectivity index (χ1v) is 18.4. The topological polar surface area (TPSA) is 16.4 Å². The van der Waals surface area contributed by atoms with Crippen LogP contribution < -0.4 is 4.90 Å². The van der Waals surface area contributed by atoms with Gasteiger partial charge in [0.2, 0.25) is 0 Å². The molecule has 0 saturated heterocycles. The monoisotopic (exact) mass is 689 g/mol. The van der Waals surface area contributed by atoms with E-state index in [1.54, 1.807) is 0 Å². The zero-order valence-corrected chi connectivity index (χ0v) is 29.6. The lowest BCUT2D eigenvalue weighted by Crippen LogP contribution is -2.10. The van der Waals surface area contributed by atoms with Crippen LogP contribution in [-0.4, -0.2) is 0 Å². The van der Waals surface area contributed by atoms with Gasteiger partial charge in [-0.3, -0.25) is 0 Å². The van der Waals surface area contributed by atoms with Crippen molar-refractivity contribution in [3.8, 4) is 44.5 Å². The van der Waals surface area contributed by atoms with Gasteiger partial charge in [-0.1, -0.05) is 164 Å². The predicted octanol–water partition coefficient (Wildman–Crippen LogP) is 14.9. The molecule has 0 saturated carbocycles. The molecule has 0 spiro atoms. The van der Waals surface area contributed by atoms with Gasteiger partial charge in [-0.15, -0.1) is 0 Å². The largest absolute Gasteiger partial charge is 0.456 e. The van der Waals surface area contributed by atoms with Gasteiger partial charge in [0.15, 0.2) is 0 Å². The van der Waals surface area contributed by atoms with E-state index < -0.39 is 0 Å². The average molecular weight is 690 g/mol. The van der Waals surface area contributed by atoms with Crippen LogP contribution in [0, 0.1) is 0 Å². The highest BCUT2D eigenvalue weighted by Gasteiger charge is 2.20. The zero-order valence-electron chi connectivity index (χ0n) is 29.6. The summed E-state index contributed by atoms with van der Waals surface area (Å²) in [5, 5.41) is 4.61. The lowest BCUT2D eigenvalue weighted by atomic mass is 9.96. The molecule has 1 aromatic heterocycles. The van der Waals surface area contributed by atoms with Crippen LogP contribution in [0.15, 0.2) is 217 Å². The molecule has 2 nitrogen and oxygen atoms in total. The van der Waals surface area contributed by atoms with E-state index in [-0.39, 0.29) is 0 Å². The molecular formula is C52H35NO. The van der Waals surface area contributed by atoms with E-state index >= 15 is 0 Å². The van der Waals surface area contributed by atoms with Gasteiger partial charge in [-0.2, -0.15) is 0 Å². The van der Waals surface area contributed by atoms with Gasteiger partial charge < -0.3 is 9.32 Å². The van der Waals surface area contributed by atoms with E-state index in [1.165, 1.54) is 44.2 Å². The van der Waals surface area contributed by atoms with Gasteiger partial charge in [-0.05, 0) is 97.7 Å². The first kappa shape index (κ1) is 31.6. The predicted molar refractivity (Wildman–Crippen MR) is 228 cm³/mol. The fourth-order valence-corrected chi connectivity index (χ4v) is 7.72. The summed E-state index contributed by atoms with van der Waals surface area (Å²) in [4.78, 5) is 2.34. The molecule has 0 radical (unpaired) electrons. The summed E-state index contributed by atoms with van der Waals surface area (Å²) in [6, 6.07) is 75.8. The Balaban J connectivity index is 1.13. The number of hydrogen-bond acceptors (Lipinski definition) is 2. The van der Waals surface area contributed by atoms with E-state index in [0.29, 0.717) is 0 Å². The number of rotatable bonds is 7. The van der Waals surface area contributed by atoms with E-state index in [1.807, 2.05) is 0 Å². The average Bonchev–Trinajstić information content (AvgIpc) is 3.61. The fraction of sp³-hybridized carbons (Fsp3) is 0. The minimum atomic E-state index is 0.859. The van der Waals surface area contributed by atoms with Crippen molar-refractivity contribution >= 4 is 49.8 Å². The number of hydrogen-bond donors (Lipinski definition) is 0. The molecule has 10 aromatic rings. The van der Waals surface area contributed by atoms with Crippen molar-refractivity contribution in [1.29, 1.82) is 0 Å². The van der Waals surface area contributed by atoms with E-state index in [4.69, 9.17) is 4.42 Å². The van der Waals surface area contributed by atoms with Crippen molar-refractivity contribution in [2.75, 3.05) is 4.90 Å². The number of furan rings is 1. The molecule has 9 aromatic carbocycles. The number of benzene rings is 9. The lowest BCUT2D eigenvalue weighted by molar-refractivity contribution is 0.669. The van der Waals surface area contributed by atoms with Crippen LogP contribution in [0.25, 0.3) is 77.2 Å². The molecule has 0 unspecified atom stereocenters. The fourth-order valence-electron chi connectivity index (χ4n) is 7.72. The van der Waals surface area contributed by atoms with Crippen LogP contribution in [0.5, 0.6) is 0 Å². The second-order valence-corrected chi connectivity index (χ2v) is 13.8. The van der Waals surface area contributed by atoms with Gasteiger partial charge in [0, 0.05) is 28.2 Å². The van der Waals surface area contributed by atoms with Gasteiger partial charge in [0.25, 0.3) is 0 Å². The third kappa shape index (κ3) is 5.81. The number of fused-ring (bicyclic) bond motifs is 4. The molecule has 0 fully saturated rings. The summed E-state index contributed by atoms with van der Waals surface area (Å²) >= 11 is 0. The summed E-state index contributed by atoms with van der Waals surface area (Å²) in [5.74, 6) is 0. The standard InChI is InChI=1S/C52H35NO/c1-4-12-36(13-5-1)38-20-22-39(23-21-38)41-26-30-46(31-27-41)53(45-28-24-40(25-29-45)37-14-6-2-7-15-37)47-34-48(42-16-8-3-9-17-42)52-49-32-43-18-10-11-19-44(43)33-50(49)54-51(52)35-47/h1-35H. The van der Waals surface area contributed by atoms with Crippen molar-refractivity contribution in [3.05, 3.63) is 212 Å². The molecule has 0 aliphatic heterocycles. The first-order valence-electron chi connectivity index (χ1n) is 18.4. The Kier molecular flexibility index (Phi) is 7.85. The third-order valence-electron chi connectivity index (χ3n) is 10.5. The molecular weight excluding hydrogens is 655 g/mol. The maximum absolute atomic E-state index is 6.75. The highest BCUT2D eigenvalue weighted by atomic mass is 16.3. The summed E-state index contributed by atoms with van der Waals surface area (Å²) in [7, 11) is 0. The highest BCUT2D eigenvalue weighted by Crippen LogP contribution is 2.45. The van der Waals surface area contributed by atoms with E-state index in [0.717, 1.165) is 50.1 Å². The van der Waals surface area contributed by atoms with Crippen LogP contribution in [0.3, 0.4) is 0 Å². The molecule has 254 valence electrons. The van der Waals surface area contributed by atoms with Crippen LogP contribution in [0.1, 0.15) is 0 Å². The van der Waals surface area contributed by atoms with Crippen LogP contribution in [0.2, 0.25) is 0 Å². The van der Waals surface area contributed by atoms with Crippen molar-refractivity contribution in [2.24, 2.45) is 0 Å². The Bertz CT molecular complexity index is 2880. The Labute approximate surface area is 314 Å². The Morgan fingerprint density at radius 3 is 1.20 bits per heavy atom. The van der Waals surface area contributed by atoms with Crippen LogP contribution in [-0.2, 0) is 0 Å². The normalized spacial score (nSPS) is 11.3. The number of anilines is 3. The van der Waals surface area contributed by atoms with E-state index in [2.05, 4.69) is 217 Å². The maximum Gasteiger partial charge on any atom is 0.138 e. The van der Waals surface area contributed by atoms with Crippen LogP contribution >= 0.6 is 0 Å². The lowest BCUT2D eigenvalue weighted by Gasteiger charge is -2.26. The molecule has 0 atom stereocenters. The van der Waals surface area contributed by atoms with Gasteiger partial charge in [0.1, 0.15) is 11.2 Å². The van der Waals surface area contributed by atoms with Crippen molar-refractivity contribution in [2.45, 2.75) is 0 Å².